The van der Waals surface area contributed by atoms with Crippen LogP contribution in [0.1, 0.15) is 36.1 Å². The predicted molar refractivity (Wildman–Crippen MR) is 149 cm³/mol. The van der Waals surface area contributed by atoms with Gasteiger partial charge in [-0.3, -0.25) is 19.4 Å². The molecule has 1 saturated heterocycles. The first kappa shape index (κ1) is 25.1. The van der Waals surface area contributed by atoms with Gasteiger partial charge in [-0.1, -0.05) is 82.7 Å². The number of imide groups is 1. The minimum atomic E-state index is -0.971. The summed E-state index contributed by atoms with van der Waals surface area (Å²) in [5, 5.41) is 15.6. The number of anilines is 1. The van der Waals surface area contributed by atoms with Crippen molar-refractivity contribution in [1.82, 2.24) is 10.0 Å². The summed E-state index contributed by atoms with van der Waals surface area (Å²) in [4.78, 5) is 41.3. The molecular weight excluding hydrogens is 560 g/mol. The Morgan fingerprint density at radius 1 is 0.949 bits per heavy atom. The summed E-state index contributed by atoms with van der Waals surface area (Å²) in [7, 11) is 0. The SMILES string of the molecule is CCc1ccc(N2C(=O)[C@H]3N=NN(CC(=O)N4N=C(c5ccc(Br)cc5)C[C@H]4c4ccccc4)[C@@H]3C2=O)cc1. The van der Waals surface area contributed by atoms with E-state index in [1.54, 1.807) is 12.1 Å². The highest BCUT2D eigenvalue weighted by Crippen LogP contribution is 2.35. The fraction of sp³-hybridized carbons (Fsp3) is 0.241. The summed E-state index contributed by atoms with van der Waals surface area (Å²) >= 11 is 3.46. The maximum atomic E-state index is 13.7. The zero-order valence-electron chi connectivity index (χ0n) is 21.1. The molecule has 3 aromatic carbocycles. The molecule has 0 aromatic heterocycles. The molecule has 0 spiro atoms. The first-order valence-corrected chi connectivity index (χ1v) is 13.6. The molecule has 0 aliphatic carbocycles. The first-order chi connectivity index (χ1) is 18.9. The molecule has 1 fully saturated rings. The van der Waals surface area contributed by atoms with E-state index in [-0.39, 0.29) is 18.5 Å². The maximum absolute atomic E-state index is 13.7. The van der Waals surface area contributed by atoms with Gasteiger partial charge in [0, 0.05) is 10.9 Å². The lowest BCUT2D eigenvalue weighted by atomic mass is 9.98. The third-order valence-electron chi connectivity index (χ3n) is 7.29. The lowest BCUT2D eigenvalue weighted by Crippen LogP contribution is -2.44. The normalized spacial score (nSPS) is 22.1. The second kappa shape index (κ2) is 10.2. The van der Waals surface area contributed by atoms with Gasteiger partial charge in [-0.15, -0.1) is 0 Å². The van der Waals surface area contributed by atoms with Crippen LogP contribution in [0.3, 0.4) is 0 Å². The summed E-state index contributed by atoms with van der Waals surface area (Å²) in [6.45, 7) is 1.81. The third kappa shape index (κ3) is 4.54. The number of rotatable bonds is 6. The second-order valence-electron chi connectivity index (χ2n) is 9.65. The fourth-order valence-corrected chi connectivity index (χ4v) is 5.46. The van der Waals surface area contributed by atoms with Crippen molar-refractivity contribution < 1.29 is 14.4 Å². The predicted octanol–water partition coefficient (Wildman–Crippen LogP) is 4.68. The van der Waals surface area contributed by atoms with Gasteiger partial charge in [-0.25, -0.2) is 9.91 Å². The molecule has 39 heavy (non-hydrogen) atoms. The van der Waals surface area contributed by atoms with Gasteiger partial charge in [-0.05, 0) is 47.4 Å². The smallest absolute Gasteiger partial charge is 0.264 e. The summed E-state index contributed by atoms with van der Waals surface area (Å²) in [5.74, 6) is -1.21. The monoisotopic (exact) mass is 584 g/mol. The van der Waals surface area contributed by atoms with E-state index in [0.29, 0.717) is 12.1 Å². The fourth-order valence-electron chi connectivity index (χ4n) is 5.19. The summed E-state index contributed by atoms with van der Waals surface area (Å²) in [6.07, 6.45) is 1.40. The molecule has 10 heteroatoms. The summed E-state index contributed by atoms with van der Waals surface area (Å²) in [5.41, 5.74) is 4.27. The number of carbonyl (C=O) groups excluding carboxylic acids is 3. The zero-order valence-corrected chi connectivity index (χ0v) is 22.7. The van der Waals surface area contributed by atoms with Gasteiger partial charge in [0.15, 0.2) is 12.1 Å². The molecule has 196 valence electrons. The Bertz CT molecular complexity index is 1490. The molecule has 3 amide bonds. The summed E-state index contributed by atoms with van der Waals surface area (Å²) in [6, 6.07) is 22.6. The van der Waals surface area contributed by atoms with Gasteiger partial charge in [0.2, 0.25) is 0 Å². The van der Waals surface area contributed by atoms with Crippen LogP contribution in [0.5, 0.6) is 0 Å². The van der Waals surface area contributed by atoms with Gasteiger partial charge in [0.25, 0.3) is 17.7 Å². The Morgan fingerprint density at radius 3 is 2.36 bits per heavy atom. The molecule has 6 rings (SSSR count). The highest BCUT2D eigenvalue weighted by molar-refractivity contribution is 9.10. The Labute approximate surface area is 233 Å². The average molecular weight is 585 g/mol. The molecule has 0 bridgehead atoms. The number of hydrogen-bond acceptors (Lipinski definition) is 7. The molecule has 3 aromatic rings. The highest BCUT2D eigenvalue weighted by atomic mass is 79.9. The minimum absolute atomic E-state index is 0.229. The molecule has 3 aliphatic rings. The van der Waals surface area contributed by atoms with Crippen LogP contribution in [0.15, 0.2) is 98.8 Å². The molecule has 0 radical (unpaired) electrons. The number of hydrogen-bond donors (Lipinski definition) is 0. The molecule has 9 nitrogen and oxygen atoms in total. The molecule has 3 aliphatic heterocycles. The average Bonchev–Trinajstić information content (AvgIpc) is 3.65. The van der Waals surface area contributed by atoms with Gasteiger partial charge >= 0.3 is 0 Å². The quantitative estimate of drug-likeness (QED) is 0.393. The molecule has 3 atom stereocenters. The summed E-state index contributed by atoms with van der Waals surface area (Å²) < 4.78 is 0.956. The van der Waals surface area contributed by atoms with Crippen LogP contribution in [0.25, 0.3) is 0 Å². The lowest BCUT2D eigenvalue weighted by molar-refractivity contribution is -0.135. The van der Waals surface area contributed by atoms with Crippen molar-refractivity contribution in [1.29, 1.82) is 0 Å². The van der Waals surface area contributed by atoms with Gasteiger partial charge < -0.3 is 0 Å². The van der Waals surface area contributed by atoms with Crippen molar-refractivity contribution in [2.75, 3.05) is 11.4 Å². The van der Waals surface area contributed by atoms with Gasteiger partial charge in [0.1, 0.15) is 6.54 Å². The van der Waals surface area contributed by atoms with Crippen LogP contribution in [0.4, 0.5) is 5.69 Å². The second-order valence-corrected chi connectivity index (χ2v) is 10.6. The van der Waals surface area contributed by atoms with E-state index in [4.69, 9.17) is 5.10 Å². The van der Waals surface area contributed by atoms with Crippen molar-refractivity contribution in [2.24, 2.45) is 15.4 Å². The van der Waals surface area contributed by atoms with Gasteiger partial charge in [0.05, 0.1) is 17.4 Å². The standard InChI is InChI=1S/C29H25BrN6O3/c1-2-18-8-14-22(15-9-18)35-28(38)26-27(29(35)39)34(33-31-26)17-25(37)36-24(20-6-4-3-5-7-20)16-23(32-36)19-10-12-21(30)13-11-19/h3-15,24,26-27H,2,16-17H2,1H3/t24-,26-,27-/m0/s1. The van der Waals surface area contributed by atoms with Crippen LogP contribution in [0, 0.1) is 0 Å². The number of benzene rings is 3. The van der Waals surface area contributed by atoms with E-state index in [2.05, 4.69) is 26.3 Å². The van der Waals surface area contributed by atoms with Gasteiger partial charge in [-0.2, -0.15) is 10.2 Å². The van der Waals surface area contributed by atoms with Crippen LogP contribution in [-0.2, 0) is 20.8 Å². The number of halogens is 1. The molecule has 3 heterocycles. The first-order valence-electron chi connectivity index (χ1n) is 12.8. The number of amides is 3. The molecule has 0 N–H and O–H groups in total. The molecular formula is C29H25BrN6O3. The van der Waals surface area contributed by atoms with Crippen LogP contribution < -0.4 is 4.90 Å². The van der Waals surface area contributed by atoms with Crippen molar-refractivity contribution in [3.63, 3.8) is 0 Å². The van der Waals surface area contributed by atoms with Crippen molar-refractivity contribution in [2.45, 2.75) is 37.9 Å². The Hall–Kier alpha value is -4.18. The van der Waals surface area contributed by atoms with E-state index < -0.39 is 23.9 Å². The zero-order chi connectivity index (χ0) is 27.1. The Morgan fingerprint density at radius 2 is 1.67 bits per heavy atom. The van der Waals surface area contributed by atoms with Crippen molar-refractivity contribution in [3.8, 4) is 0 Å². The van der Waals surface area contributed by atoms with Crippen molar-refractivity contribution in [3.05, 3.63) is 100 Å². The number of hydrazone groups is 1. The van der Waals surface area contributed by atoms with E-state index in [0.717, 1.165) is 38.2 Å². The van der Waals surface area contributed by atoms with E-state index in [1.807, 2.05) is 73.7 Å². The molecule has 0 unspecified atom stereocenters. The minimum Gasteiger partial charge on any atom is -0.271 e. The maximum Gasteiger partial charge on any atom is 0.264 e. The Kier molecular flexibility index (Phi) is 6.56. The van der Waals surface area contributed by atoms with Crippen LogP contribution in [0.2, 0.25) is 0 Å². The van der Waals surface area contributed by atoms with Crippen molar-refractivity contribution >= 4 is 45.1 Å². The topological polar surface area (TPSA) is 98.0 Å². The van der Waals surface area contributed by atoms with Crippen LogP contribution in [-0.4, -0.2) is 52.1 Å². The number of fused-ring (bicyclic) bond motifs is 1. The number of nitrogens with zero attached hydrogens (tertiary/aromatic N) is 6. The van der Waals surface area contributed by atoms with E-state index in [1.165, 1.54) is 10.0 Å². The van der Waals surface area contributed by atoms with E-state index >= 15 is 0 Å². The number of aryl methyl sites for hydroxylation is 1. The lowest BCUT2D eigenvalue weighted by Gasteiger charge is -2.25. The molecule has 0 saturated carbocycles. The van der Waals surface area contributed by atoms with E-state index in [9.17, 15) is 14.4 Å². The third-order valence-corrected chi connectivity index (χ3v) is 7.81. The highest BCUT2D eigenvalue weighted by Gasteiger charge is 2.55. The largest absolute Gasteiger partial charge is 0.271 e. The van der Waals surface area contributed by atoms with Crippen LogP contribution >= 0.6 is 15.9 Å². The Balaban J connectivity index is 1.24. The number of carbonyl (C=O) groups is 3.